The largest absolute Gasteiger partial charge is 0.475 e. The quantitative estimate of drug-likeness (QED) is 0.289. The highest BCUT2D eigenvalue weighted by Gasteiger charge is 2.31. The lowest BCUT2D eigenvalue weighted by atomic mass is 10.1. The van der Waals surface area contributed by atoms with E-state index in [1.54, 1.807) is 31.5 Å². The molecule has 0 unspecified atom stereocenters. The third-order valence-corrected chi connectivity index (χ3v) is 5.16. The maximum atomic E-state index is 10.8. The molecule has 1 atom stereocenters. The molecular weight excluding hydrogens is 402 g/mol. The van der Waals surface area contributed by atoms with Gasteiger partial charge in [0.1, 0.15) is 6.61 Å². The zero-order valence-corrected chi connectivity index (χ0v) is 17.1. The van der Waals surface area contributed by atoms with Crippen LogP contribution in [0.2, 0.25) is 0 Å². The Morgan fingerprint density at radius 2 is 2.06 bits per heavy atom. The van der Waals surface area contributed by atoms with Crippen molar-refractivity contribution >= 4 is 5.69 Å². The van der Waals surface area contributed by atoms with Crippen LogP contribution >= 0.6 is 0 Å². The van der Waals surface area contributed by atoms with Crippen molar-refractivity contribution in [1.82, 2.24) is 20.0 Å². The highest BCUT2D eigenvalue weighted by molar-refractivity contribution is 5.53. The molecule has 1 saturated heterocycles. The van der Waals surface area contributed by atoms with E-state index in [0.29, 0.717) is 37.4 Å². The van der Waals surface area contributed by atoms with E-state index in [1.807, 2.05) is 6.07 Å². The van der Waals surface area contributed by atoms with Crippen molar-refractivity contribution < 1.29 is 18.9 Å². The summed E-state index contributed by atoms with van der Waals surface area (Å²) in [5, 5.41) is 15.0. The number of non-ortho nitro benzene ring substituents is 1. The molecule has 10 nitrogen and oxygen atoms in total. The van der Waals surface area contributed by atoms with Gasteiger partial charge in [-0.05, 0) is 31.0 Å². The lowest BCUT2D eigenvalue weighted by molar-refractivity contribution is -0.384. The number of hydrogen-bond donors (Lipinski definition) is 0. The molecule has 10 heteroatoms. The summed E-state index contributed by atoms with van der Waals surface area (Å²) in [6, 6.07) is 10.2. The summed E-state index contributed by atoms with van der Waals surface area (Å²) < 4.78 is 16.0. The molecule has 0 bridgehead atoms. The molecule has 0 aliphatic carbocycles. The number of aromatic nitrogens is 3. The van der Waals surface area contributed by atoms with Gasteiger partial charge in [0.25, 0.3) is 5.69 Å². The van der Waals surface area contributed by atoms with Gasteiger partial charge in [0.2, 0.25) is 17.6 Å². The molecule has 0 N–H and O–H groups in total. The summed E-state index contributed by atoms with van der Waals surface area (Å²) in [6.07, 6.45) is 3.59. The van der Waals surface area contributed by atoms with Gasteiger partial charge in [-0.25, -0.2) is 4.98 Å². The van der Waals surface area contributed by atoms with Crippen molar-refractivity contribution in [2.45, 2.75) is 25.4 Å². The Labute approximate surface area is 179 Å². The van der Waals surface area contributed by atoms with Gasteiger partial charge in [0.05, 0.1) is 17.6 Å². The van der Waals surface area contributed by atoms with Gasteiger partial charge in [-0.2, -0.15) is 4.98 Å². The second kappa shape index (κ2) is 9.63. The Balaban J connectivity index is 1.42. The number of rotatable bonds is 9. The minimum atomic E-state index is -0.393. The Hall–Kier alpha value is -3.37. The van der Waals surface area contributed by atoms with E-state index in [0.717, 1.165) is 30.5 Å². The summed E-state index contributed by atoms with van der Waals surface area (Å²) >= 11 is 0. The van der Waals surface area contributed by atoms with Crippen LogP contribution in [0.15, 0.2) is 47.1 Å². The molecule has 1 aliphatic rings. The lowest BCUT2D eigenvalue weighted by Crippen LogP contribution is -2.23. The predicted molar refractivity (Wildman–Crippen MR) is 110 cm³/mol. The first-order valence-electron chi connectivity index (χ1n) is 10.0. The number of likely N-dealkylation sites (tertiary alicyclic amines) is 1. The molecular formula is C21H23N5O5. The molecule has 4 rings (SSSR count). The van der Waals surface area contributed by atoms with Crippen LogP contribution in [0.5, 0.6) is 5.88 Å². The number of benzene rings is 1. The van der Waals surface area contributed by atoms with Crippen LogP contribution in [0, 0.1) is 10.1 Å². The smallest absolute Gasteiger partial charge is 0.269 e. The number of ether oxygens (including phenoxy) is 2. The van der Waals surface area contributed by atoms with E-state index in [1.165, 1.54) is 12.1 Å². The third kappa shape index (κ3) is 5.04. The van der Waals surface area contributed by atoms with Crippen molar-refractivity contribution in [3.63, 3.8) is 0 Å². The van der Waals surface area contributed by atoms with Crippen molar-refractivity contribution in [1.29, 1.82) is 0 Å². The SMILES string of the molecule is COCCOc1ccc(-c2noc([C@@H]3CCCN3Cc3ccc([N+](=O)[O-])cc3)n2)cn1. The first-order chi connectivity index (χ1) is 15.1. The topological polar surface area (TPSA) is 117 Å². The molecule has 0 radical (unpaired) electrons. The molecule has 1 fully saturated rings. The monoisotopic (exact) mass is 425 g/mol. The molecule has 3 aromatic rings. The highest BCUT2D eigenvalue weighted by atomic mass is 16.6. The van der Waals surface area contributed by atoms with Crippen LogP contribution < -0.4 is 4.74 Å². The lowest BCUT2D eigenvalue weighted by Gasteiger charge is -2.21. The van der Waals surface area contributed by atoms with Crippen LogP contribution in [-0.4, -0.2) is 51.8 Å². The molecule has 1 aliphatic heterocycles. The molecule has 1 aromatic carbocycles. The maximum absolute atomic E-state index is 10.8. The number of pyridine rings is 1. The van der Waals surface area contributed by atoms with Gasteiger partial charge in [0, 0.05) is 43.6 Å². The van der Waals surface area contributed by atoms with Crippen molar-refractivity contribution in [3.05, 3.63) is 64.2 Å². The number of nitro benzene ring substituents is 1. The van der Waals surface area contributed by atoms with Crippen LogP contribution in [0.1, 0.15) is 30.3 Å². The van der Waals surface area contributed by atoms with Crippen molar-refractivity contribution in [3.8, 4) is 17.3 Å². The number of nitro groups is 1. The summed E-state index contributed by atoms with van der Waals surface area (Å²) in [6.45, 7) is 2.49. The Morgan fingerprint density at radius 3 is 2.77 bits per heavy atom. The summed E-state index contributed by atoms with van der Waals surface area (Å²) in [7, 11) is 1.62. The molecule has 3 heterocycles. The zero-order valence-electron chi connectivity index (χ0n) is 17.1. The normalized spacial score (nSPS) is 16.5. The van der Waals surface area contributed by atoms with Gasteiger partial charge in [-0.1, -0.05) is 17.3 Å². The highest BCUT2D eigenvalue weighted by Crippen LogP contribution is 2.33. The fourth-order valence-electron chi connectivity index (χ4n) is 3.57. The van der Waals surface area contributed by atoms with Gasteiger partial charge >= 0.3 is 0 Å². The average Bonchev–Trinajstić information content (AvgIpc) is 3.44. The van der Waals surface area contributed by atoms with E-state index in [9.17, 15) is 10.1 Å². The minimum absolute atomic E-state index is 0.0149. The maximum Gasteiger partial charge on any atom is 0.269 e. The summed E-state index contributed by atoms with van der Waals surface area (Å²) in [4.78, 5) is 21.6. The molecule has 2 aromatic heterocycles. The second-order valence-electron chi connectivity index (χ2n) is 7.23. The Bertz CT molecular complexity index is 1010. The van der Waals surface area contributed by atoms with Crippen LogP contribution in [0.4, 0.5) is 5.69 Å². The molecule has 162 valence electrons. The standard InChI is InChI=1S/C21H23N5O5/c1-29-11-12-30-19-9-6-16(13-22-19)20-23-21(31-24-20)18-3-2-10-25(18)14-15-4-7-17(8-5-15)26(27)28/h4-9,13,18H,2-3,10-12,14H2,1H3/t18-/m0/s1. The fourth-order valence-corrected chi connectivity index (χ4v) is 3.57. The molecule has 0 amide bonds. The second-order valence-corrected chi connectivity index (χ2v) is 7.23. The first-order valence-corrected chi connectivity index (χ1v) is 10.0. The van der Waals surface area contributed by atoms with Gasteiger partial charge in [-0.15, -0.1) is 0 Å². The Morgan fingerprint density at radius 1 is 1.23 bits per heavy atom. The van der Waals surface area contributed by atoms with Crippen LogP contribution in [0.25, 0.3) is 11.4 Å². The van der Waals surface area contributed by atoms with E-state index in [4.69, 9.17) is 14.0 Å². The van der Waals surface area contributed by atoms with E-state index in [-0.39, 0.29) is 11.7 Å². The number of methoxy groups -OCH3 is 1. The van der Waals surface area contributed by atoms with E-state index in [2.05, 4.69) is 20.0 Å². The molecule has 0 saturated carbocycles. The van der Waals surface area contributed by atoms with Crippen molar-refractivity contribution in [2.75, 3.05) is 26.9 Å². The van der Waals surface area contributed by atoms with E-state index >= 15 is 0 Å². The third-order valence-electron chi connectivity index (χ3n) is 5.16. The summed E-state index contributed by atoms with van der Waals surface area (Å²) in [5.74, 6) is 1.55. The van der Waals surface area contributed by atoms with Gasteiger partial charge in [0.15, 0.2) is 0 Å². The zero-order chi connectivity index (χ0) is 21.6. The summed E-state index contributed by atoms with van der Waals surface area (Å²) in [5.41, 5.74) is 1.84. The minimum Gasteiger partial charge on any atom is -0.475 e. The van der Waals surface area contributed by atoms with Gasteiger partial charge < -0.3 is 14.0 Å². The van der Waals surface area contributed by atoms with E-state index < -0.39 is 4.92 Å². The first kappa shape index (κ1) is 20.9. The average molecular weight is 425 g/mol. The number of nitrogens with zero attached hydrogens (tertiary/aromatic N) is 5. The van der Waals surface area contributed by atoms with Gasteiger partial charge in [-0.3, -0.25) is 15.0 Å². The fraction of sp³-hybridized carbons (Fsp3) is 0.381. The van der Waals surface area contributed by atoms with Crippen molar-refractivity contribution in [2.24, 2.45) is 0 Å². The van der Waals surface area contributed by atoms with Crippen LogP contribution in [-0.2, 0) is 11.3 Å². The van der Waals surface area contributed by atoms with Crippen LogP contribution in [0.3, 0.4) is 0 Å². The predicted octanol–water partition coefficient (Wildman–Crippen LogP) is 3.40. The number of hydrogen-bond acceptors (Lipinski definition) is 9. The molecule has 0 spiro atoms. The molecule has 31 heavy (non-hydrogen) atoms. The Kier molecular flexibility index (Phi) is 6.48.